The molecule has 0 saturated carbocycles. The van der Waals surface area contributed by atoms with E-state index in [1.165, 1.54) is 0 Å². The highest BCUT2D eigenvalue weighted by Gasteiger charge is 2.60. The third kappa shape index (κ3) is 3.79. The van der Waals surface area contributed by atoms with E-state index < -0.39 is 34.6 Å². The van der Waals surface area contributed by atoms with Crippen LogP contribution >= 0.6 is 0 Å². The van der Waals surface area contributed by atoms with Crippen LogP contribution in [0, 0.1) is 10.8 Å². The highest BCUT2D eigenvalue weighted by Crippen LogP contribution is 2.42. The molecule has 0 aliphatic carbocycles. The number of nitrogens with zero attached hydrogens (tertiary/aromatic N) is 2. The fourth-order valence-electron chi connectivity index (χ4n) is 4.12. The molecule has 0 aromatic rings. The van der Waals surface area contributed by atoms with E-state index in [9.17, 15) is 19.8 Å². The second kappa shape index (κ2) is 6.65. The fourth-order valence-corrected chi connectivity index (χ4v) is 4.12. The van der Waals surface area contributed by atoms with Gasteiger partial charge in [-0.1, -0.05) is 41.5 Å². The zero-order chi connectivity index (χ0) is 21.1. The SMILES string of the molecule is CC(C)(C)C(=O)N1CC[C@@]2(O)O[C@H]3CN(C(=O)C(C)(C)C)CC[C@]3(O)O[C@H]2C1. The van der Waals surface area contributed by atoms with Gasteiger partial charge in [-0.05, 0) is 0 Å². The lowest BCUT2D eigenvalue weighted by Crippen LogP contribution is -2.73. The lowest BCUT2D eigenvalue weighted by Gasteiger charge is -2.57. The molecule has 8 nitrogen and oxygen atoms in total. The molecule has 3 aliphatic rings. The highest BCUT2D eigenvalue weighted by atomic mass is 16.7. The molecular formula is C20H34N2O6. The average molecular weight is 399 g/mol. The lowest BCUT2D eigenvalue weighted by molar-refractivity contribution is -0.438. The molecule has 3 rings (SSSR count). The minimum Gasteiger partial charge on any atom is -0.363 e. The van der Waals surface area contributed by atoms with Crippen LogP contribution in [0.2, 0.25) is 0 Å². The maximum Gasteiger partial charge on any atom is 0.228 e. The van der Waals surface area contributed by atoms with E-state index in [1.807, 2.05) is 41.5 Å². The number of carbonyl (C=O) groups excluding carboxylic acids is 2. The van der Waals surface area contributed by atoms with Crippen LogP contribution in [-0.4, -0.2) is 81.8 Å². The molecule has 0 aromatic heterocycles. The molecule has 8 heteroatoms. The quantitative estimate of drug-likeness (QED) is 0.623. The van der Waals surface area contributed by atoms with Crippen LogP contribution in [-0.2, 0) is 19.1 Å². The van der Waals surface area contributed by atoms with Crippen molar-refractivity contribution in [2.75, 3.05) is 26.2 Å². The third-order valence-corrected chi connectivity index (χ3v) is 5.81. The average Bonchev–Trinajstić information content (AvgIpc) is 2.56. The molecule has 3 heterocycles. The van der Waals surface area contributed by atoms with Gasteiger partial charge in [-0.3, -0.25) is 9.59 Å². The summed E-state index contributed by atoms with van der Waals surface area (Å²) in [6.07, 6.45) is -1.28. The van der Waals surface area contributed by atoms with Crippen LogP contribution in [0.3, 0.4) is 0 Å². The Morgan fingerprint density at radius 3 is 1.39 bits per heavy atom. The first-order chi connectivity index (χ1) is 12.7. The molecule has 160 valence electrons. The summed E-state index contributed by atoms with van der Waals surface area (Å²) in [4.78, 5) is 28.5. The monoisotopic (exact) mass is 398 g/mol. The summed E-state index contributed by atoms with van der Waals surface area (Å²) in [6, 6.07) is 0. The summed E-state index contributed by atoms with van der Waals surface area (Å²) in [7, 11) is 0. The van der Waals surface area contributed by atoms with Crippen LogP contribution in [0.4, 0.5) is 0 Å². The Balaban J connectivity index is 1.75. The van der Waals surface area contributed by atoms with Crippen molar-refractivity contribution in [3.63, 3.8) is 0 Å². The Morgan fingerprint density at radius 2 is 1.11 bits per heavy atom. The first kappa shape index (κ1) is 21.5. The predicted molar refractivity (Wildman–Crippen MR) is 101 cm³/mol. The summed E-state index contributed by atoms with van der Waals surface area (Å²) < 4.78 is 11.9. The largest absolute Gasteiger partial charge is 0.363 e. The molecule has 0 spiro atoms. The van der Waals surface area contributed by atoms with Crippen molar-refractivity contribution in [3.05, 3.63) is 0 Å². The summed E-state index contributed by atoms with van der Waals surface area (Å²) in [5.41, 5.74) is -1.08. The number of aliphatic hydroxyl groups is 2. The number of piperidine rings is 2. The number of ether oxygens (including phenoxy) is 2. The second-order valence-electron chi connectivity index (χ2n) is 10.4. The maximum absolute atomic E-state index is 12.6. The first-order valence-corrected chi connectivity index (χ1v) is 10.0. The van der Waals surface area contributed by atoms with Crippen LogP contribution in [0.5, 0.6) is 0 Å². The third-order valence-electron chi connectivity index (χ3n) is 5.81. The maximum atomic E-state index is 12.6. The molecule has 0 aromatic carbocycles. The number of likely N-dealkylation sites (tertiary alicyclic amines) is 2. The van der Waals surface area contributed by atoms with E-state index in [1.54, 1.807) is 9.80 Å². The second-order valence-corrected chi connectivity index (χ2v) is 10.4. The Bertz CT molecular complexity index is 598. The van der Waals surface area contributed by atoms with Gasteiger partial charge in [0, 0.05) is 36.8 Å². The summed E-state index contributed by atoms with van der Waals surface area (Å²) in [6.45, 7) is 12.1. The minimum atomic E-state index is -1.58. The van der Waals surface area contributed by atoms with Gasteiger partial charge < -0.3 is 29.5 Å². The standard InChI is InChI=1S/C20H34N2O6/c1-17(2,3)15(23)21-9-7-19(25)13(11-21)27-20(26)8-10-22(12-14(20)28-19)16(24)18(4,5)6/h13-14,25-26H,7-12H2,1-6H3/t13-,14-,19-,20+/m0/s1. The Hall–Kier alpha value is -1.22. The van der Waals surface area contributed by atoms with Crippen molar-refractivity contribution >= 4 is 11.8 Å². The summed E-state index contributed by atoms with van der Waals surface area (Å²) >= 11 is 0. The normalized spacial score (nSPS) is 36.6. The van der Waals surface area contributed by atoms with Gasteiger partial charge in [-0.25, -0.2) is 0 Å². The molecule has 2 amide bonds. The van der Waals surface area contributed by atoms with Gasteiger partial charge in [0.05, 0.1) is 13.1 Å². The molecule has 0 radical (unpaired) electrons. The van der Waals surface area contributed by atoms with Crippen LogP contribution < -0.4 is 0 Å². The molecule has 3 saturated heterocycles. The van der Waals surface area contributed by atoms with Gasteiger partial charge in [0.2, 0.25) is 11.8 Å². The van der Waals surface area contributed by atoms with E-state index >= 15 is 0 Å². The van der Waals surface area contributed by atoms with Crippen molar-refractivity contribution in [1.82, 2.24) is 9.80 Å². The van der Waals surface area contributed by atoms with Gasteiger partial charge in [-0.15, -0.1) is 0 Å². The van der Waals surface area contributed by atoms with Crippen LogP contribution in [0.1, 0.15) is 54.4 Å². The zero-order valence-corrected chi connectivity index (χ0v) is 17.8. The van der Waals surface area contributed by atoms with Gasteiger partial charge in [0.15, 0.2) is 11.6 Å². The van der Waals surface area contributed by atoms with Gasteiger partial charge in [-0.2, -0.15) is 0 Å². The number of hydrogen-bond donors (Lipinski definition) is 2. The number of hydrogen-bond acceptors (Lipinski definition) is 6. The van der Waals surface area contributed by atoms with E-state index in [0.717, 1.165) is 0 Å². The van der Waals surface area contributed by atoms with Crippen molar-refractivity contribution in [3.8, 4) is 0 Å². The van der Waals surface area contributed by atoms with E-state index in [0.29, 0.717) is 13.1 Å². The Labute approximate surface area is 166 Å². The fraction of sp³-hybridized carbons (Fsp3) is 0.900. The van der Waals surface area contributed by atoms with E-state index in [4.69, 9.17) is 9.47 Å². The Morgan fingerprint density at radius 1 is 0.786 bits per heavy atom. The van der Waals surface area contributed by atoms with Gasteiger partial charge in [0.25, 0.3) is 0 Å². The van der Waals surface area contributed by atoms with Crippen molar-refractivity contribution < 1.29 is 29.3 Å². The number of rotatable bonds is 0. The van der Waals surface area contributed by atoms with Crippen molar-refractivity contribution in [2.45, 2.75) is 78.2 Å². The number of carbonyl (C=O) groups is 2. The van der Waals surface area contributed by atoms with Crippen molar-refractivity contribution in [1.29, 1.82) is 0 Å². The number of amides is 2. The first-order valence-electron chi connectivity index (χ1n) is 10.0. The van der Waals surface area contributed by atoms with Gasteiger partial charge >= 0.3 is 0 Å². The minimum absolute atomic E-state index is 0.0298. The summed E-state index contributed by atoms with van der Waals surface area (Å²) in [5.74, 6) is -3.23. The Kier molecular flexibility index (Phi) is 5.11. The number of fused-ring (bicyclic) bond motifs is 2. The highest BCUT2D eigenvalue weighted by molar-refractivity contribution is 5.82. The molecule has 3 aliphatic heterocycles. The van der Waals surface area contributed by atoms with Crippen molar-refractivity contribution in [2.24, 2.45) is 10.8 Å². The van der Waals surface area contributed by atoms with E-state index in [2.05, 4.69) is 0 Å². The van der Waals surface area contributed by atoms with Crippen LogP contribution in [0.25, 0.3) is 0 Å². The molecule has 0 bridgehead atoms. The predicted octanol–water partition coefficient (Wildman–Crippen LogP) is 0.704. The smallest absolute Gasteiger partial charge is 0.228 e. The summed E-state index contributed by atoms with van der Waals surface area (Å²) in [5, 5.41) is 22.1. The zero-order valence-electron chi connectivity index (χ0n) is 17.8. The molecule has 0 unspecified atom stereocenters. The lowest BCUT2D eigenvalue weighted by atomic mass is 9.88. The van der Waals surface area contributed by atoms with Gasteiger partial charge in [0.1, 0.15) is 12.2 Å². The molecule has 3 fully saturated rings. The van der Waals surface area contributed by atoms with Crippen LogP contribution in [0.15, 0.2) is 0 Å². The molecule has 4 atom stereocenters. The topological polar surface area (TPSA) is 99.5 Å². The van der Waals surface area contributed by atoms with E-state index in [-0.39, 0.29) is 37.7 Å². The molecule has 2 N–H and O–H groups in total. The molecule has 28 heavy (non-hydrogen) atoms. The molecular weight excluding hydrogens is 364 g/mol.